The van der Waals surface area contributed by atoms with Crippen molar-refractivity contribution in [1.82, 2.24) is 9.78 Å². The van der Waals surface area contributed by atoms with Crippen molar-refractivity contribution < 1.29 is 0 Å². The highest BCUT2D eigenvalue weighted by Gasteiger charge is 2.13. The van der Waals surface area contributed by atoms with Gasteiger partial charge in [0.1, 0.15) is 0 Å². The fourth-order valence-electron chi connectivity index (χ4n) is 1.44. The van der Waals surface area contributed by atoms with Crippen molar-refractivity contribution in [3.05, 3.63) is 16.4 Å². The largest absolute Gasteiger partial charge is 0.330 e. The van der Waals surface area contributed by atoms with Crippen LogP contribution in [0.15, 0.2) is 0 Å². The Hall–Kier alpha value is -0.540. The van der Waals surface area contributed by atoms with Gasteiger partial charge >= 0.3 is 0 Å². The Kier molecular flexibility index (Phi) is 3.33. The normalized spacial score (nSPS) is 13.3. The molecule has 1 rings (SSSR count). The number of hydrogen-bond donors (Lipinski definition) is 1. The van der Waals surface area contributed by atoms with Gasteiger partial charge in [-0.25, -0.2) is 0 Å². The minimum absolute atomic E-state index is 0.330. The molecule has 13 heavy (non-hydrogen) atoms. The lowest BCUT2D eigenvalue weighted by atomic mass is 10.2. The highest BCUT2D eigenvalue weighted by Crippen LogP contribution is 2.22. The summed E-state index contributed by atoms with van der Waals surface area (Å²) < 4.78 is 1.95. The minimum atomic E-state index is 0.330. The first kappa shape index (κ1) is 10.5. The zero-order valence-corrected chi connectivity index (χ0v) is 9.10. The topological polar surface area (TPSA) is 43.8 Å². The third-order valence-corrected chi connectivity index (χ3v) is 2.79. The number of nitrogens with zero attached hydrogens (tertiary/aromatic N) is 2. The van der Waals surface area contributed by atoms with Crippen LogP contribution in [0.3, 0.4) is 0 Å². The van der Waals surface area contributed by atoms with Gasteiger partial charge in [0.25, 0.3) is 0 Å². The second kappa shape index (κ2) is 4.11. The summed E-state index contributed by atoms with van der Waals surface area (Å²) in [4.78, 5) is 0. The van der Waals surface area contributed by atoms with Crippen molar-refractivity contribution in [2.45, 2.75) is 33.2 Å². The van der Waals surface area contributed by atoms with Gasteiger partial charge in [-0.3, -0.25) is 4.68 Å². The van der Waals surface area contributed by atoms with Crippen LogP contribution >= 0.6 is 11.6 Å². The Morgan fingerprint density at radius 2 is 2.15 bits per heavy atom. The Morgan fingerprint density at radius 1 is 1.54 bits per heavy atom. The molecule has 2 N–H and O–H groups in total. The van der Waals surface area contributed by atoms with E-state index < -0.39 is 0 Å². The molecule has 0 aliphatic rings. The van der Waals surface area contributed by atoms with E-state index in [0.29, 0.717) is 12.6 Å². The Balaban J connectivity index is 2.94. The molecule has 0 spiro atoms. The molecule has 1 aromatic heterocycles. The van der Waals surface area contributed by atoms with Gasteiger partial charge in [0.15, 0.2) is 0 Å². The Labute approximate surface area is 83.9 Å². The summed E-state index contributed by atoms with van der Waals surface area (Å²) in [5, 5.41) is 5.12. The molecular weight excluding hydrogens is 186 g/mol. The summed E-state index contributed by atoms with van der Waals surface area (Å²) in [5.74, 6) is 0. The first-order valence-electron chi connectivity index (χ1n) is 4.49. The molecule has 0 aromatic carbocycles. The minimum Gasteiger partial charge on any atom is -0.330 e. The monoisotopic (exact) mass is 201 g/mol. The summed E-state index contributed by atoms with van der Waals surface area (Å²) in [7, 11) is 0. The third-order valence-electron chi connectivity index (χ3n) is 2.24. The molecule has 1 aromatic rings. The van der Waals surface area contributed by atoms with Crippen molar-refractivity contribution >= 4 is 11.6 Å². The maximum Gasteiger partial charge on any atom is 0.0844 e. The molecule has 4 heteroatoms. The van der Waals surface area contributed by atoms with E-state index in [4.69, 9.17) is 17.3 Å². The van der Waals surface area contributed by atoms with Crippen molar-refractivity contribution in [3.63, 3.8) is 0 Å². The second-order valence-corrected chi connectivity index (χ2v) is 3.73. The van der Waals surface area contributed by atoms with Crippen molar-refractivity contribution in [2.75, 3.05) is 6.54 Å². The van der Waals surface area contributed by atoms with Gasteiger partial charge in [0, 0.05) is 0 Å². The lowest BCUT2D eigenvalue weighted by Gasteiger charge is -2.12. The van der Waals surface area contributed by atoms with Gasteiger partial charge in [0.05, 0.1) is 22.5 Å². The molecule has 3 nitrogen and oxygen atoms in total. The SMILES string of the molecule is Cc1nn(C(C)CCN)c(C)c1Cl. The Morgan fingerprint density at radius 3 is 2.54 bits per heavy atom. The zero-order chi connectivity index (χ0) is 10.0. The van der Waals surface area contributed by atoms with E-state index in [0.717, 1.165) is 22.8 Å². The average Bonchev–Trinajstić information content (AvgIpc) is 2.33. The van der Waals surface area contributed by atoms with Gasteiger partial charge in [0.2, 0.25) is 0 Å². The molecule has 0 radical (unpaired) electrons. The number of aryl methyl sites for hydroxylation is 1. The molecule has 1 unspecified atom stereocenters. The molecular formula is C9H16ClN3. The Bertz CT molecular complexity index is 293. The predicted octanol–water partition coefficient (Wildman–Crippen LogP) is 2.06. The lowest BCUT2D eigenvalue weighted by molar-refractivity contribution is 0.454. The molecule has 0 amide bonds. The van der Waals surface area contributed by atoms with E-state index in [1.54, 1.807) is 0 Å². The maximum absolute atomic E-state index is 6.03. The van der Waals surface area contributed by atoms with Crippen LogP contribution in [-0.4, -0.2) is 16.3 Å². The van der Waals surface area contributed by atoms with Crippen LogP contribution in [0.4, 0.5) is 0 Å². The van der Waals surface area contributed by atoms with Crippen LogP contribution in [0.25, 0.3) is 0 Å². The van der Waals surface area contributed by atoms with Gasteiger partial charge in [-0.1, -0.05) is 11.6 Å². The summed E-state index contributed by atoms with van der Waals surface area (Å²) in [6, 6.07) is 0.330. The molecule has 74 valence electrons. The maximum atomic E-state index is 6.03. The second-order valence-electron chi connectivity index (χ2n) is 3.36. The van der Waals surface area contributed by atoms with Gasteiger partial charge in [-0.05, 0) is 33.7 Å². The van der Waals surface area contributed by atoms with E-state index in [9.17, 15) is 0 Å². The lowest BCUT2D eigenvalue weighted by Crippen LogP contribution is -2.13. The number of rotatable bonds is 3. The van der Waals surface area contributed by atoms with Crippen LogP contribution in [0.1, 0.15) is 30.8 Å². The average molecular weight is 202 g/mol. The van der Waals surface area contributed by atoms with E-state index >= 15 is 0 Å². The quantitative estimate of drug-likeness (QED) is 0.814. The molecule has 1 heterocycles. The number of halogens is 1. The van der Waals surface area contributed by atoms with E-state index in [-0.39, 0.29) is 0 Å². The summed E-state index contributed by atoms with van der Waals surface area (Å²) >= 11 is 6.03. The van der Waals surface area contributed by atoms with Crippen molar-refractivity contribution in [3.8, 4) is 0 Å². The van der Waals surface area contributed by atoms with E-state index in [1.165, 1.54) is 0 Å². The first-order chi connectivity index (χ1) is 6.07. The van der Waals surface area contributed by atoms with Crippen LogP contribution in [0.2, 0.25) is 5.02 Å². The third kappa shape index (κ3) is 2.03. The highest BCUT2D eigenvalue weighted by molar-refractivity contribution is 6.31. The van der Waals surface area contributed by atoms with E-state index in [2.05, 4.69) is 12.0 Å². The summed E-state index contributed by atoms with van der Waals surface area (Å²) in [6.07, 6.45) is 0.929. The highest BCUT2D eigenvalue weighted by atomic mass is 35.5. The predicted molar refractivity (Wildman–Crippen MR) is 55.1 cm³/mol. The smallest absolute Gasteiger partial charge is 0.0844 e. The van der Waals surface area contributed by atoms with Crippen LogP contribution in [0.5, 0.6) is 0 Å². The fourth-order valence-corrected chi connectivity index (χ4v) is 1.56. The molecule has 0 bridgehead atoms. The van der Waals surface area contributed by atoms with Gasteiger partial charge in [-0.15, -0.1) is 0 Å². The number of aromatic nitrogens is 2. The molecule has 0 saturated heterocycles. The molecule has 1 atom stereocenters. The molecule has 0 aliphatic heterocycles. The molecule has 0 saturated carbocycles. The first-order valence-corrected chi connectivity index (χ1v) is 4.87. The zero-order valence-electron chi connectivity index (χ0n) is 8.34. The summed E-state index contributed by atoms with van der Waals surface area (Å²) in [5.41, 5.74) is 7.41. The fraction of sp³-hybridized carbons (Fsp3) is 0.667. The number of nitrogens with two attached hydrogens (primary N) is 1. The van der Waals surface area contributed by atoms with Crippen LogP contribution in [-0.2, 0) is 0 Å². The van der Waals surface area contributed by atoms with Gasteiger partial charge < -0.3 is 5.73 Å². The standard InChI is InChI=1S/C9H16ClN3/c1-6(4-5-11)13-8(3)9(10)7(2)12-13/h6H,4-5,11H2,1-3H3. The number of hydrogen-bond acceptors (Lipinski definition) is 2. The van der Waals surface area contributed by atoms with Crippen LogP contribution in [0, 0.1) is 13.8 Å². The summed E-state index contributed by atoms with van der Waals surface area (Å²) in [6.45, 7) is 6.68. The van der Waals surface area contributed by atoms with Gasteiger partial charge in [-0.2, -0.15) is 5.10 Å². The van der Waals surface area contributed by atoms with Crippen molar-refractivity contribution in [1.29, 1.82) is 0 Å². The molecule has 0 fully saturated rings. The van der Waals surface area contributed by atoms with Crippen LogP contribution < -0.4 is 5.73 Å². The van der Waals surface area contributed by atoms with E-state index in [1.807, 2.05) is 18.5 Å². The van der Waals surface area contributed by atoms with Crippen molar-refractivity contribution in [2.24, 2.45) is 5.73 Å². The molecule has 0 aliphatic carbocycles.